The smallest absolute Gasteiger partial charge is 0.332 e. The summed E-state index contributed by atoms with van der Waals surface area (Å²) in [5.41, 5.74) is -1.52. The molecule has 13 nitrogen and oxygen atoms in total. The lowest BCUT2D eigenvalue weighted by molar-refractivity contribution is -0.117. The number of pyridine rings is 1. The summed E-state index contributed by atoms with van der Waals surface area (Å²) in [4.78, 5) is 69.3. The normalized spacial score (nSPS) is 20.3. The molecule has 0 spiro atoms. The highest BCUT2D eigenvalue weighted by Crippen LogP contribution is 2.59. The number of piperidine rings is 1. The van der Waals surface area contributed by atoms with Gasteiger partial charge in [-0.1, -0.05) is 0 Å². The van der Waals surface area contributed by atoms with E-state index in [1.807, 2.05) is 4.90 Å². The molecule has 2 fully saturated rings. The van der Waals surface area contributed by atoms with Crippen molar-refractivity contribution < 1.29 is 18.4 Å². The number of aromatic nitrogens is 7. The summed E-state index contributed by atoms with van der Waals surface area (Å²) in [6.45, 7) is 3.00. The highest BCUT2D eigenvalue weighted by Gasteiger charge is 2.71. The third-order valence-corrected chi connectivity index (χ3v) is 8.05. The fraction of sp³-hybridized carbons (Fsp3) is 0.407. The van der Waals surface area contributed by atoms with Gasteiger partial charge in [0.25, 0.3) is 11.5 Å². The van der Waals surface area contributed by atoms with Crippen molar-refractivity contribution in [3.05, 3.63) is 57.9 Å². The van der Waals surface area contributed by atoms with Crippen LogP contribution in [0, 0.1) is 11.8 Å². The van der Waals surface area contributed by atoms with Crippen LogP contribution in [0.2, 0.25) is 0 Å². The van der Waals surface area contributed by atoms with Crippen molar-refractivity contribution in [2.75, 3.05) is 29.9 Å². The quantitative estimate of drug-likeness (QED) is 0.285. The molecular weight excluding hydrogens is 552 g/mol. The van der Waals surface area contributed by atoms with E-state index in [0.717, 1.165) is 9.13 Å². The molecule has 42 heavy (non-hydrogen) atoms. The Balaban J connectivity index is 1.22. The number of aldehydes is 1. The van der Waals surface area contributed by atoms with Crippen LogP contribution in [-0.2, 0) is 28.7 Å². The van der Waals surface area contributed by atoms with Gasteiger partial charge in [-0.25, -0.2) is 28.5 Å². The number of hydrogen-bond donors (Lipinski definition) is 1. The second kappa shape index (κ2) is 9.63. The van der Waals surface area contributed by atoms with E-state index in [-0.39, 0.29) is 36.6 Å². The zero-order valence-electron chi connectivity index (χ0n) is 23.0. The summed E-state index contributed by atoms with van der Waals surface area (Å²) in [6.07, 6.45) is 6.59. The predicted octanol–water partition coefficient (Wildman–Crippen LogP) is 1.07. The zero-order valence-corrected chi connectivity index (χ0v) is 23.0. The second-order valence-electron chi connectivity index (χ2n) is 11.0. The van der Waals surface area contributed by atoms with Crippen LogP contribution in [0.4, 0.5) is 20.4 Å². The van der Waals surface area contributed by atoms with Crippen LogP contribution in [-0.4, -0.2) is 71.3 Å². The van der Waals surface area contributed by atoms with Crippen LogP contribution in [0.15, 0.2) is 46.6 Å². The first kappa shape index (κ1) is 27.4. The highest BCUT2D eigenvalue weighted by molar-refractivity contribution is 5.77. The Morgan fingerprint density at radius 2 is 1.90 bits per heavy atom. The summed E-state index contributed by atoms with van der Waals surface area (Å²) in [6, 6.07) is 3.56. The minimum Gasteiger partial charge on any atom is -0.366 e. The van der Waals surface area contributed by atoms with E-state index in [1.54, 1.807) is 31.5 Å². The van der Waals surface area contributed by atoms with Gasteiger partial charge in [0.1, 0.15) is 29.2 Å². The Morgan fingerprint density at radius 3 is 2.55 bits per heavy atom. The number of nitrogens with one attached hydrogen (secondary N) is 1. The zero-order chi connectivity index (χ0) is 30.0. The van der Waals surface area contributed by atoms with Crippen molar-refractivity contribution in [2.45, 2.75) is 31.9 Å². The van der Waals surface area contributed by atoms with Gasteiger partial charge in [0, 0.05) is 38.4 Å². The first-order valence-corrected chi connectivity index (χ1v) is 13.2. The van der Waals surface area contributed by atoms with Crippen molar-refractivity contribution >= 4 is 34.9 Å². The number of alkyl halides is 2. The molecule has 0 amide bonds. The SMILES string of the molecule is CC(=O)Cn1c(=O)c2c(ncn2[C@](C)(C=O)CNc2cncc(-c3ccc(N4CC5C(C4)C5(F)F)nc3)n2)n(C)c1=O. The Morgan fingerprint density at radius 1 is 1.17 bits per heavy atom. The lowest BCUT2D eigenvalue weighted by Crippen LogP contribution is -2.44. The lowest BCUT2D eigenvalue weighted by atomic mass is 10.0. The van der Waals surface area contributed by atoms with Gasteiger partial charge < -0.3 is 19.6 Å². The van der Waals surface area contributed by atoms with E-state index in [9.17, 15) is 28.0 Å². The number of rotatable bonds is 9. The summed E-state index contributed by atoms with van der Waals surface area (Å²) in [7, 11) is 1.43. The fourth-order valence-corrected chi connectivity index (χ4v) is 5.48. The third-order valence-electron chi connectivity index (χ3n) is 8.05. The molecule has 218 valence electrons. The average Bonchev–Trinajstić information content (AvgIpc) is 3.42. The van der Waals surface area contributed by atoms with E-state index in [0.29, 0.717) is 29.2 Å². The number of nitrogens with zero attached hydrogens (tertiary/aromatic N) is 8. The Kier molecular flexibility index (Phi) is 6.27. The number of carbonyl (C=O) groups is 2. The molecule has 15 heteroatoms. The van der Waals surface area contributed by atoms with Crippen LogP contribution in [0.5, 0.6) is 0 Å². The van der Waals surface area contributed by atoms with E-state index in [1.165, 1.54) is 31.1 Å². The molecule has 4 aromatic heterocycles. The lowest BCUT2D eigenvalue weighted by Gasteiger charge is -2.26. The minimum atomic E-state index is -2.56. The number of carbonyl (C=O) groups excluding carboxylic acids is 2. The Labute approximate surface area is 236 Å². The summed E-state index contributed by atoms with van der Waals surface area (Å²) < 4.78 is 30.4. The molecule has 1 saturated carbocycles. The standard InChI is InChI=1S/C27H27F2N9O4/c1-15(40)9-37-24(41)22-23(35(3)25(37)42)33-14-38(22)26(2,13-39)12-32-20-8-30-7-19(34-20)16-4-5-21(31-6-16)36-10-17-18(11-36)27(17,28)29/h4-8,13-14,17-18H,9-12H2,1-3H3,(H,32,34)/t17?,18?,26-/m0/s1. The average molecular weight is 580 g/mol. The number of aryl methyl sites for hydroxylation is 1. The molecule has 3 atom stereocenters. The Bertz CT molecular complexity index is 1840. The van der Waals surface area contributed by atoms with Crippen LogP contribution in [0.25, 0.3) is 22.4 Å². The molecule has 2 aliphatic rings. The monoisotopic (exact) mass is 579 g/mol. The van der Waals surface area contributed by atoms with Crippen molar-refractivity contribution in [3.8, 4) is 11.3 Å². The van der Waals surface area contributed by atoms with Gasteiger partial charge in [0.15, 0.2) is 11.2 Å². The van der Waals surface area contributed by atoms with Gasteiger partial charge in [0.05, 0.1) is 42.8 Å². The van der Waals surface area contributed by atoms with Crippen LogP contribution >= 0.6 is 0 Å². The van der Waals surface area contributed by atoms with Crippen LogP contribution in [0.1, 0.15) is 13.8 Å². The number of Topliss-reactive ketones (excluding diaryl/α,β-unsaturated/α-hetero) is 1. The number of hydrogen-bond acceptors (Lipinski definition) is 10. The summed E-state index contributed by atoms with van der Waals surface area (Å²) in [5, 5.41) is 3.08. The van der Waals surface area contributed by atoms with E-state index in [4.69, 9.17) is 0 Å². The second-order valence-corrected chi connectivity index (χ2v) is 11.0. The predicted molar refractivity (Wildman–Crippen MR) is 148 cm³/mol. The number of imidazole rings is 1. The first-order valence-electron chi connectivity index (χ1n) is 13.2. The van der Waals surface area contributed by atoms with Crippen molar-refractivity contribution in [1.29, 1.82) is 0 Å². The molecule has 0 aromatic carbocycles. The van der Waals surface area contributed by atoms with Gasteiger partial charge in [-0.05, 0) is 26.0 Å². The van der Waals surface area contributed by atoms with Crippen molar-refractivity contribution in [3.63, 3.8) is 0 Å². The number of fused-ring (bicyclic) bond motifs is 2. The van der Waals surface area contributed by atoms with Gasteiger partial charge in [-0.2, -0.15) is 0 Å². The van der Waals surface area contributed by atoms with Crippen molar-refractivity contribution in [2.24, 2.45) is 18.9 Å². The van der Waals surface area contributed by atoms with E-state index < -0.39 is 41.1 Å². The summed E-state index contributed by atoms with van der Waals surface area (Å²) in [5.74, 6) is -3.16. The molecule has 1 saturated heterocycles. The molecule has 5 heterocycles. The third kappa shape index (κ3) is 4.35. The first-order chi connectivity index (χ1) is 19.9. The van der Waals surface area contributed by atoms with Crippen molar-refractivity contribution in [1.82, 2.24) is 33.6 Å². The molecule has 2 unspecified atom stereocenters. The van der Waals surface area contributed by atoms with Gasteiger partial charge in [0.2, 0.25) is 0 Å². The Hall–Kier alpha value is -4.82. The molecule has 6 rings (SSSR count). The van der Waals surface area contributed by atoms with Crippen LogP contribution < -0.4 is 21.5 Å². The van der Waals surface area contributed by atoms with E-state index in [2.05, 4.69) is 25.3 Å². The fourth-order valence-electron chi connectivity index (χ4n) is 5.48. The molecule has 1 N–H and O–H groups in total. The highest BCUT2D eigenvalue weighted by atomic mass is 19.3. The molecule has 4 aromatic rings. The minimum absolute atomic E-state index is 0.000210. The molecule has 0 bridgehead atoms. The largest absolute Gasteiger partial charge is 0.366 e. The molecule has 1 aliphatic carbocycles. The van der Waals surface area contributed by atoms with Gasteiger partial charge in [-0.15, -0.1) is 0 Å². The number of anilines is 2. The van der Waals surface area contributed by atoms with E-state index >= 15 is 0 Å². The summed E-state index contributed by atoms with van der Waals surface area (Å²) >= 11 is 0. The maximum absolute atomic E-state index is 13.5. The van der Waals surface area contributed by atoms with Gasteiger partial charge in [-0.3, -0.25) is 23.7 Å². The number of ketones is 1. The molecule has 1 aliphatic heterocycles. The molecule has 0 radical (unpaired) electrons. The maximum atomic E-state index is 13.5. The topological polar surface area (TPSA) is 150 Å². The molecular formula is C27H27F2N9O4. The van der Waals surface area contributed by atoms with Gasteiger partial charge >= 0.3 is 5.69 Å². The number of halogens is 2. The maximum Gasteiger partial charge on any atom is 0.332 e. The van der Waals surface area contributed by atoms with Crippen LogP contribution in [0.3, 0.4) is 0 Å².